The predicted molar refractivity (Wildman–Crippen MR) is 56.5 cm³/mol. The van der Waals surface area contributed by atoms with Crippen molar-refractivity contribution >= 4 is 11.9 Å². The first-order chi connectivity index (χ1) is 7.04. The summed E-state index contributed by atoms with van der Waals surface area (Å²) < 4.78 is 0. The lowest BCUT2D eigenvalue weighted by Crippen LogP contribution is -2.28. The van der Waals surface area contributed by atoms with E-state index >= 15 is 0 Å². The number of hydrogen-bond acceptors (Lipinski definition) is 2. The molecule has 0 saturated carbocycles. The maximum absolute atomic E-state index is 10.9. The van der Waals surface area contributed by atoms with E-state index in [1.807, 2.05) is 0 Å². The maximum Gasteiger partial charge on any atom is 0.311 e. The van der Waals surface area contributed by atoms with Gasteiger partial charge in [-0.2, -0.15) is 0 Å². The highest BCUT2D eigenvalue weighted by Crippen LogP contribution is 2.19. The minimum Gasteiger partial charge on any atom is -0.481 e. The molecule has 0 aliphatic heterocycles. The second kappa shape index (κ2) is 6.81. The van der Waals surface area contributed by atoms with Crippen LogP contribution in [-0.4, -0.2) is 22.2 Å². The first-order valence-corrected chi connectivity index (χ1v) is 4.74. The van der Waals surface area contributed by atoms with Gasteiger partial charge >= 0.3 is 11.9 Å². The molecule has 0 spiro atoms. The monoisotopic (exact) mass is 212 g/mol. The Kier molecular flexibility index (Phi) is 6.09. The summed E-state index contributed by atoms with van der Waals surface area (Å²) in [5.74, 6) is -4.07. The molecule has 0 rings (SSSR count). The topological polar surface area (TPSA) is 74.6 Å². The average Bonchev–Trinajstić information content (AvgIpc) is 2.16. The zero-order valence-electron chi connectivity index (χ0n) is 8.88. The molecule has 0 radical (unpaired) electrons. The molecule has 2 atom stereocenters. The number of allylic oxidation sites excluding steroid dienone is 3. The molecular formula is C11H16O4. The molecule has 2 unspecified atom stereocenters. The summed E-state index contributed by atoms with van der Waals surface area (Å²) in [4.78, 5) is 21.8. The molecule has 84 valence electrons. The van der Waals surface area contributed by atoms with Gasteiger partial charge in [0.15, 0.2) is 0 Å². The van der Waals surface area contributed by atoms with Crippen LogP contribution in [0.1, 0.15) is 20.3 Å². The lowest BCUT2D eigenvalue weighted by Gasteiger charge is -2.15. The molecule has 0 aliphatic carbocycles. The van der Waals surface area contributed by atoms with Crippen LogP contribution in [0.3, 0.4) is 0 Å². The Bertz CT molecular complexity index is 278. The van der Waals surface area contributed by atoms with Crippen LogP contribution in [-0.2, 0) is 9.59 Å². The van der Waals surface area contributed by atoms with E-state index < -0.39 is 23.8 Å². The van der Waals surface area contributed by atoms with Crippen LogP contribution in [0.4, 0.5) is 0 Å². The third kappa shape index (κ3) is 4.44. The van der Waals surface area contributed by atoms with Gasteiger partial charge in [0.2, 0.25) is 0 Å². The molecule has 0 aromatic rings. The van der Waals surface area contributed by atoms with Gasteiger partial charge in [-0.05, 0) is 20.3 Å². The number of carboxylic acids is 2. The van der Waals surface area contributed by atoms with E-state index in [4.69, 9.17) is 10.2 Å². The van der Waals surface area contributed by atoms with Gasteiger partial charge in [-0.15, -0.1) is 0 Å². The second-order valence-electron chi connectivity index (χ2n) is 3.14. The number of hydrogen-bond donors (Lipinski definition) is 2. The molecule has 4 heteroatoms. The SMILES string of the molecule is C/C=C/CC(C(=O)O)C(/C=C/C)C(=O)O. The summed E-state index contributed by atoms with van der Waals surface area (Å²) >= 11 is 0. The summed E-state index contributed by atoms with van der Waals surface area (Å²) in [6, 6.07) is 0. The summed E-state index contributed by atoms with van der Waals surface area (Å²) in [7, 11) is 0. The van der Waals surface area contributed by atoms with Crippen molar-refractivity contribution in [3.63, 3.8) is 0 Å². The first-order valence-electron chi connectivity index (χ1n) is 4.74. The highest BCUT2D eigenvalue weighted by atomic mass is 16.4. The molecule has 4 nitrogen and oxygen atoms in total. The highest BCUT2D eigenvalue weighted by molar-refractivity contribution is 5.81. The molecule has 2 N–H and O–H groups in total. The third-order valence-electron chi connectivity index (χ3n) is 2.06. The fourth-order valence-corrected chi connectivity index (χ4v) is 1.28. The number of carbonyl (C=O) groups is 2. The fraction of sp³-hybridized carbons (Fsp3) is 0.455. The molecule has 0 fully saturated rings. The minimum atomic E-state index is -1.11. The smallest absolute Gasteiger partial charge is 0.311 e. The zero-order chi connectivity index (χ0) is 11.8. The van der Waals surface area contributed by atoms with E-state index in [1.165, 1.54) is 6.08 Å². The van der Waals surface area contributed by atoms with Crippen LogP contribution in [0.5, 0.6) is 0 Å². The summed E-state index contributed by atoms with van der Waals surface area (Å²) in [5.41, 5.74) is 0. The molecule has 15 heavy (non-hydrogen) atoms. The Balaban J connectivity index is 4.83. The molecular weight excluding hydrogens is 196 g/mol. The summed E-state index contributed by atoms with van der Waals surface area (Å²) in [6.45, 7) is 3.44. The predicted octanol–water partition coefficient (Wildman–Crippen LogP) is 1.93. The Morgan fingerprint density at radius 1 is 1.13 bits per heavy atom. The van der Waals surface area contributed by atoms with Crippen LogP contribution < -0.4 is 0 Å². The molecule has 0 aliphatic rings. The number of carboxylic acid groups (broad SMARTS) is 2. The Morgan fingerprint density at radius 3 is 2.07 bits per heavy atom. The van der Waals surface area contributed by atoms with Gasteiger partial charge in [-0.1, -0.05) is 24.3 Å². The van der Waals surface area contributed by atoms with Crippen LogP contribution in [0.25, 0.3) is 0 Å². The van der Waals surface area contributed by atoms with E-state index in [0.29, 0.717) is 0 Å². The summed E-state index contributed by atoms with van der Waals surface area (Å²) in [6.07, 6.45) is 6.57. The van der Waals surface area contributed by atoms with Crippen LogP contribution in [0.15, 0.2) is 24.3 Å². The Labute approximate surface area is 88.9 Å². The quantitative estimate of drug-likeness (QED) is 0.660. The van der Waals surface area contributed by atoms with Crippen molar-refractivity contribution in [3.05, 3.63) is 24.3 Å². The van der Waals surface area contributed by atoms with E-state index in [0.717, 1.165) is 0 Å². The molecule has 0 bridgehead atoms. The van der Waals surface area contributed by atoms with Crippen molar-refractivity contribution in [2.75, 3.05) is 0 Å². The largest absolute Gasteiger partial charge is 0.481 e. The lowest BCUT2D eigenvalue weighted by atomic mass is 9.89. The van der Waals surface area contributed by atoms with Crippen LogP contribution in [0.2, 0.25) is 0 Å². The van der Waals surface area contributed by atoms with Gasteiger partial charge in [0.1, 0.15) is 0 Å². The first kappa shape index (κ1) is 13.4. The van der Waals surface area contributed by atoms with Gasteiger partial charge < -0.3 is 10.2 Å². The van der Waals surface area contributed by atoms with Gasteiger partial charge in [-0.3, -0.25) is 9.59 Å². The lowest BCUT2D eigenvalue weighted by molar-refractivity contribution is -0.151. The van der Waals surface area contributed by atoms with Gasteiger partial charge in [0.25, 0.3) is 0 Å². The van der Waals surface area contributed by atoms with Gasteiger partial charge in [0.05, 0.1) is 11.8 Å². The fourth-order valence-electron chi connectivity index (χ4n) is 1.28. The van der Waals surface area contributed by atoms with Crippen LogP contribution in [0, 0.1) is 11.8 Å². The molecule has 0 heterocycles. The molecule has 0 aromatic carbocycles. The van der Waals surface area contributed by atoms with E-state index in [1.54, 1.807) is 32.1 Å². The number of rotatable bonds is 6. The third-order valence-corrected chi connectivity index (χ3v) is 2.06. The van der Waals surface area contributed by atoms with Gasteiger partial charge in [0, 0.05) is 0 Å². The van der Waals surface area contributed by atoms with Crippen molar-refractivity contribution in [2.45, 2.75) is 20.3 Å². The maximum atomic E-state index is 10.9. The van der Waals surface area contributed by atoms with Gasteiger partial charge in [-0.25, -0.2) is 0 Å². The van der Waals surface area contributed by atoms with E-state index in [2.05, 4.69) is 0 Å². The normalized spacial score (nSPS) is 15.6. The standard InChI is InChI=1S/C11H16O4/c1-3-5-7-9(11(14)15)8(6-4-2)10(12)13/h3-6,8-9H,7H2,1-2H3,(H,12,13)(H,14,15)/b5-3+,6-4+. The van der Waals surface area contributed by atoms with E-state index in [-0.39, 0.29) is 6.42 Å². The molecule has 0 amide bonds. The second-order valence-corrected chi connectivity index (χ2v) is 3.14. The van der Waals surface area contributed by atoms with Crippen molar-refractivity contribution in [1.29, 1.82) is 0 Å². The van der Waals surface area contributed by atoms with Crippen molar-refractivity contribution in [3.8, 4) is 0 Å². The minimum absolute atomic E-state index is 0.229. The average molecular weight is 212 g/mol. The van der Waals surface area contributed by atoms with Crippen molar-refractivity contribution < 1.29 is 19.8 Å². The van der Waals surface area contributed by atoms with Crippen molar-refractivity contribution in [1.82, 2.24) is 0 Å². The number of aliphatic carboxylic acids is 2. The Hall–Kier alpha value is -1.58. The highest BCUT2D eigenvalue weighted by Gasteiger charge is 2.30. The van der Waals surface area contributed by atoms with Crippen LogP contribution >= 0.6 is 0 Å². The molecule has 0 saturated heterocycles. The summed E-state index contributed by atoms with van der Waals surface area (Å²) in [5, 5.41) is 17.8. The van der Waals surface area contributed by atoms with Crippen molar-refractivity contribution in [2.24, 2.45) is 11.8 Å². The van der Waals surface area contributed by atoms with E-state index in [9.17, 15) is 9.59 Å². The molecule has 0 aromatic heterocycles. The Morgan fingerprint density at radius 2 is 1.73 bits per heavy atom. The zero-order valence-corrected chi connectivity index (χ0v) is 8.88.